The van der Waals surface area contributed by atoms with Crippen molar-refractivity contribution >= 4 is 21.9 Å². The van der Waals surface area contributed by atoms with Crippen molar-refractivity contribution in [3.8, 4) is 0 Å². The highest BCUT2D eigenvalue weighted by molar-refractivity contribution is 7.89. The molecule has 106 valence electrons. The molecule has 0 radical (unpaired) electrons. The zero-order valence-electron chi connectivity index (χ0n) is 11.4. The van der Waals surface area contributed by atoms with Gasteiger partial charge in [0.2, 0.25) is 5.78 Å². The molecule has 0 aromatic heterocycles. The van der Waals surface area contributed by atoms with E-state index in [-0.39, 0.29) is 21.9 Å². The van der Waals surface area contributed by atoms with E-state index in [9.17, 15) is 13.2 Å². The number of likely N-dealkylation sites (N-methyl/N-ethyl adjacent to an activating group) is 1. The third kappa shape index (κ3) is 2.15. The number of Topliss-reactive ketones (excluding diaryl/α,β-unsaturated/α-hetero) is 1. The van der Waals surface area contributed by atoms with Crippen LogP contribution in [0.25, 0.3) is 6.08 Å². The monoisotopic (exact) mass is 299 g/mol. The number of hydrogen-bond acceptors (Lipinski definition) is 3. The SMILES string of the molecule is CN1/C(=C/c2ccccc2)C(=O)c2ccccc2S1(=O)=O. The number of carbonyl (C=O) groups is 1. The quantitative estimate of drug-likeness (QED) is 0.760. The lowest BCUT2D eigenvalue weighted by Crippen LogP contribution is -2.36. The Morgan fingerprint density at radius 1 is 0.952 bits per heavy atom. The number of ketones is 1. The molecule has 3 rings (SSSR count). The van der Waals surface area contributed by atoms with Gasteiger partial charge in [0.25, 0.3) is 10.0 Å². The fourth-order valence-corrected chi connectivity index (χ4v) is 3.68. The summed E-state index contributed by atoms with van der Waals surface area (Å²) in [5.74, 6) is -0.285. The maximum absolute atomic E-state index is 12.5. The van der Waals surface area contributed by atoms with E-state index in [1.54, 1.807) is 24.3 Å². The van der Waals surface area contributed by atoms with Gasteiger partial charge in [-0.15, -0.1) is 0 Å². The minimum atomic E-state index is -3.68. The average molecular weight is 299 g/mol. The van der Waals surface area contributed by atoms with E-state index in [0.717, 1.165) is 9.87 Å². The Hall–Kier alpha value is -2.40. The van der Waals surface area contributed by atoms with Crippen molar-refractivity contribution in [2.75, 3.05) is 7.05 Å². The third-order valence-corrected chi connectivity index (χ3v) is 5.27. The summed E-state index contributed by atoms with van der Waals surface area (Å²) in [7, 11) is -2.28. The first-order valence-corrected chi connectivity index (χ1v) is 7.85. The van der Waals surface area contributed by atoms with Crippen molar-refractivity contribution < 1.29 is 13.2 Å². The van der Waals surface area contributed by atoms with Crippen molar-refractivity contribution in [3.63, 3.8) is 0 Å². The Balaban J connectivity index is 2.22. The summed E-state index contributed by atoms with van der Waals surface area (Å²) >= 11 is 0. The van der Waals surface area contributed by atoms with Crippen LogP contribution in [-0.2, 0) is 10.0 Å². The molecule has 21 heavy (non-hydrogen) atoms. The van der Waals surface area contributed by atoms with Gasteiger partial charge in [-0.3, -0.25) is 9.10 Å². The van der Waals surface area contributed by atoms with Crippen molar-refractivity contribution in [2.45, 2.75) is 4.90 Å². The van der Waals surface area contributed by atoms with Gasteiger partial charge in [0.15, 0.2) is 0 Å². The molecule has 0 aliphatic carbocycles. The lowest BCUT2D eigenvalue weighted by Gasteiger charge is -2.27. The summed E-state index contributed by atoms with van der Waals surface area (Å²) in [5, 5.41) is 0. The number of hydrogen-bond donors (Lipinski definition) is 0. The van der Waals surface area contributed by atoms with Crippen LogP contribution in [0.15, 0.2) is 65.2 Å². The molecule has 0 unspecified atom stereocenters. The van der Waals surface area contributed by atoms with Gasteiger partial charge >= 0.3 is 0 Å². The number of benzene rings is 2. The molecule has 0 spiro atoms. The standard InChI is InChI=1S/C16H13NO3S/c1-17-14(11-12-7-3-2-4-8-12)16(18)13-9-5-6-10-15(13)21(17,19)20/h2-11H,1H3/b14-11+. The van der Waals surface area contributed by atoms with E-state index in [1.165, 1.54) is 13.1 Å². The Labute approximate surface area is 123 Å². The average Bonchev–Trinajstić information content (AvgIpc) is 2.51. The highest BCUT2D eigenvalue weighted by atomic mass is 32.2. The largest absolute Gasteiger partial charge is 0.287 e. The fourth-order valence-electron chi connectivity index (χ4n) is 2.30. The van der Waals surface area contributed by atoms with Gasteiger partial charge in [-0.25, -0.2) is 8.42 Å². The van der Waals surface area contributed by atoms with Gasteiger partial charge in [0.05, 0.1) is 4.90 Å². The van der Waals surface area contributed by atoms with Crippen LogP contribution in [0.2, 0.25) is 0 Å². The molecule has 0 saturated carbocycles. The molecule has 4 nitrogen and oxygen atoms in total. The molecular weight excluding hydrogens is 286 g/mol. The maximum atomic E-state index is 12.5. The van der Waals surface area contributed by atoms with Crippen LogP contribution in [0.4, 0.5) is 0 Å². The van der Waals surface area contributed by atoms with Crippen molar-refractivity contribution in [3.05, 3.63) is 71.4 Å². The van der Waals surface area contributed by atoms with Gasteiger partial charge in [0.1, 0.15) is 5.70 Å². The van der Waals surface area contributed by atoms with Gasteiger partial charge < -0.3 is 0 Å². The zero-order chi connectivity index (χ0) is 15.0. The Morgan fingerprint density at radius 2 is 1.57 bits per heavy atom. The smallest absolute Gasteiger partial charge is 0.264 e. The Morgan fingerprint density at radius 3 is 2.29 bits per heavy atom. The number of sulfonamides is 1. The van der Waals surface area contributed by atoms with E-state index in [1.807, 2.05) is 30.3 Å². The van der Waals surface area contributed by atoms with Crippen LogP contribution >= 0.6 is 0 Å². The van der Waals surface area contributed by atoms with Crippen molar-refractivity contribution in [2.24, 2.45) is 0 Å². The second kappa shape index (κ2) is 4.86. The molecule has 0 saturated heterocycles. The molecule has 1 heterocycles. The third-order valence-electron chi connectivity index (χ3n) is 3.44. The second-order valence-corrected chi connectivity index (χ2v) is 6.68. The summed E-state index contributed by atoms with van der Waals surface area (Å²) in [6, 6.07) is 15.5. The van der Waals surface area contributed by atoms with Crippen molar-refractivity contribution in [1.29, 1.82) is 0 Å². The first-order chi connectivity index (χ1) is 10.0. The van der Waals surface area contributed by atoms with Crippen LogP contribution in [0.1, 0.15) is 15.9 Å². The van der Waals surface area contributed by atoms with Crippen molar-refractivity contribution in [1.82, 2.24) is 4.31 Å². The molecule has 0 amide bonds. The minimum Gasteiger partial charge on any atom is -0.287 e. The number of allylic oxidation sites excluding steroid dienone is 1. The molecule has 2 aromatic rings. The lowest BCUT2D eigenvalue weighted by molar-refractivity contribution is 0.101. The molecule has 0 fully saturated rings. The van der Waals surface area contributed by atoms with E-state index >= 15 is 0 Å². The Bertz CT molecular complexity index is 839. The normalized spacial score (nSPS) is 18.6. The highest BCUT2D eigenvalue weighted by Gasteiger charge is 2.36. The van der Waals surface area contributed by atoms with Gasteiger partial charge in [0, 0.05) is 12.6 Å². The molecule has 5 heteroatoms. The summed E-state index contributed by atoms with van der Waals surface area (Å²) in [4.78, 5) is 12.6. The van der Waals surface area contributed by atoms with E-state index in [0.29, 0.717) is 0 Å². The molecular formula is C16H13NO3S. The van der Waals surface area contributed by atoms with Gasteiger partial charge in [-0.2, -0.15) is 0 Å². The second-order valence-electron chi connectivity index (χ2n) is 4.74. The van der Waals surface area contributed by atoms with Crippen LogP contribution in [0.3, 0.4) is 0 Å². The predicted octanol–water partition coefficient (Wildman–Crippen LogP) is 2.54. The van der Waals surface area contributed by atoms with Gasteiger partial charge in [-0.05, 0) is 23.8 Å². The fraction of sp³-hybridized carbons (Fsp3) is 0.0625. The van der Waals surface area contributed by atoms with Crippen LogP contribution < -0.4 is 0 Å². The summed E-state index contributed by atoms with van der Waals surface area (Å²) < 4.78 is 26.0. The summed E-state index contributed by atoms with van der Waals surface area (Å²) in [6.07, 6.45) is 1.59. The van der Waals surface area contributed by atoms with E-state index < -0.39 is 10.0 Å². The molecule has 0 atom stereocenters. The first kappa shape index (κ1) is 13.6. The molecule has 0 N–H and O–H groups in total. The number of nitrogens with zero attached hydrogens (tertiary/aromatic N) is 1. The highest BCUT2D eigenvalue weighted by Crippen LogP contribution is 2.31. The van der Waals surface area contributed by atoms with Crippen LogP contribution in [-0.4, -0.2) is 25.6 Å². The topological polar surface area (TPSA) is 54.5 Å². The number of rotatable bonds is 1. The zero-order valence-corrected chi connectivity index (χ0v) is 12.2. The number of fused-ring (bicyclic) bond motifs is 1. The summed E-state index contributed by atoms with van der Waals surface area (Å²) in [6.45, 7) is 0. The summed E-state index contributed by atoms with van der Waals surface area (Å²) in [5.41, 5.74) is 1.15. The molecule has 2 aromatic carbocycles. The molecule has 0 bridgehead atoms. The number of carbonyl (C=O) groups excluding carboxylic acids is 1. The predicted molar refractivity (Wildman–Crippen MR) is 80.1 cm³/mol. The molecule has 1 aliphatic heterocycles. The van der Waals surface area contributed by atoms with Gasteiger partial charge in [-0.1, -0.05) is 42.5 Å². The lowest BCUT2D eigenvalue weighted by atomic mass is 10.1. The minimum absolute atomic E-state index is 0.0581. The van der Waals surface area contributed by atoms with E-state index in [2.05, 4.69) is 0 Å². The van der Waals surface area contributed by atoms with Crippen LogP contribution in [0, 0.1) is 0 Å². The van der Waals surface area contributed by atoms with E-state index in [4.69, 9.17) is 0 Å². The van der Waals surface area contributed by atoms with Crippen LogP contribution in [0.5, 0.6) is 0 Å². The maximum Gasteiger partial charge on any atom is 0.264 e. The Kier molecular flexibility index (Phi) is 3.14. The molecule has 1 aliphatic rings. The first-order valence-electron chi connectivity index (χ1n) is 6.41.